The predicted molar refractivity (Wildman–Crippen MR) is 215 cm³/mol. The molecule has 10 aromatic rings. The second kappa shape index (κ2) is 11.5. The topological polar surface area (TPSA) is 3.24 Å². The van der Waals surface area contributed by atoms with Crippen LogP contribution in [0, 0.1) is 0 Å². The summed E-state index contributed by atoms with van der Waals surface area (Å²) in [5, 5.41) is 7.82. The number of hydrogen-bond acceptors (Lipinski definition) is 3. The Morgan fingerprint density at radius 1 is 0.327 bits per heavy atom. The van der Waals surface area contributed by atoms with Crippen molar-refractivity contribution in [2.75, 3.05) is 4.90 Å². The third-order valence-electron chi connectivity index (χ3n) is 9.63. The second-order valence-corrected chi connectivity index (χ2v) is 14.7. The molecule has 2 heterocycles. The van der Waals surface area contributed by atoms with Gasteiger partial charge in [-0.3, -0.25) is 0 Å². The van der Waals surface area contributed by atoms with Gasteiger partial charge in [-0.05, 0) is 93.7 Å². The van der Waals surface area contributed by atoms with Gasteiger partial charge < -0.3 is 4.90 Å². The average Bonchev–Trinajstić information content (AvgIpc) is 3.72. The van der Waals surface area contributed by atoms with Crippen molar-refractivity contribution in [3.63, 3.8) is 0 Å². The quantitative estimate of drug-likeness (QED) is 0.178. The molecule has 0 aliphatic heterocycles. The van der Waals surface area contributed by atoms with Gasteiger partial charge in [0.15, 0.2) is 0 Å². The molecule has 49 heavy (non-hydrogen) atoms. The van der Waals surface area contributed by atoms with Gasteiger partial charge in [0.2, 0.25) is 0 Å². The maximum atomic E-state index is 2.40. The van der Waals surface area contributed by atoms with E-state index in [2.05, 4.69) is 181 Å². The van der Waals surface area contributed by atoms with Crippen LogP contribution in [-0.2, 0) is 0 Å². The summed E-state index contributed by atoms with van der Waals surface area (Å²) in [6.07, 6.45) is 0. The van der Waals surface area contributed by atoms with Gasteiger partial charge in [0.25, 0.3) is 0 Å². The summed E-state index contributed by atoms with van der Waals surface area (Å²) in [6, 6.07) is 64.4. The lowest BCUT2D eigenvalue weighted by Gasteiger charge is -2.26. The van der Waals surface area contributed by atoms with Gasteiger partial charge in [0, 0.05) is 57.4 Å². The number of rotatable bonds is 5. The third kappa shape index (κ3) is 4.82. The third-order valence-corrected chi connectivity index (χ3v) is 12.0. The standard InChI is InChI=1S/C46H29NS2/c1-2-10-30(11-3-1)32-14-8-15-36(26-32)47(37-24-25-44-42(29-37)41-27-33-12-4-5-13-34(33)28-45(41)48-44)35-22-20-31(21-23-35)38-17-9-18-40-39-16-6-7-19-43(39)49-46(38)40/h1-29H. The first-order chi connectivity index (χ1) is 24.3. The Morgan fingerprint density at radius 3 is 1.86 bits per heavy atom. The zero-order valence-electron chi connectivity index (χ0n) is 26.5. The first-order valence-corrected chi connectivity index (χ1v) is 18.2. The fraction of sp³-hybridized carbons (Fsp3) is 0. The van der Waals surface area contributed by atoms with E-state index in [0.717, 1.165) is 17.1 Å². The predicted octanol–water partition coefficient (Wildman–Crippen LogP) is 14.4. The largest absolute Gasteiger partial charge is 0.310 e. The van der Waals surface area contributed by atoms with Crippen LogP contribution in [0.1, 0.15) is 0 Å². The molecule has 0 bridgehead atoms. The molecule has 0 saturated carbocycles. The molecule has 0 spiro atoms. The Hall–Kier alpha value is -5.74. The highest BCUT2D eigenvalue weighted by Gasteiger charge is 2.17. The normalized spacial score (nSPS) is 11.7. The number of hydrogen-bond donors (Lipinski definition) is 0. The molecule has 0 amide bonds. The minimum Gasteiger partial charge on any atom is -0.310 e. The van der Waals surface area contributed by atoms with Crippen LogP contribution in [0.25, 0.3) is 73.4 Å². The van der Waals surface area contributed by atoms with E-state index in [1.807, 2.05) is 22.7 Å². The molecule has 0 atom stereocenters. The Balaban J connectivity index is 1.13. The van der Waals surface area contributed by atoms with Crippen LogP contribution < -0.4 is 4.90 Å². The zero-order valence-corrected chi connectivity index (χ0v) is 28.1. The molecule has 0 fully saturated rings. The van der Waals surface area contributed by atoms with Gasteiger partial charge in [-0.1, -0.05) is 115 Å². The van der Waals surface area contributed by atoms with E-state index in [4.69, 9.17) is 0 Å². The van der Waals surface area contributed by atoms with Gasteiger partial charge in [-0.2, -0.15) is 0 Å². The van der Waals surface area contributed by atoms with E-state index in [1.165, 1.54) is 73.4 Å². The second-order valence-electron chi connectivity index (χ2n) is 12.6. The molecule has 2 aromatic heterocycles. The van der Waals surface area contributed by atoms with E-state index in [9.17, 15) is 0 Å². The first kappa shape index (κ1) is 28.3. The molecule has 0 saturated heterocycles. The minimum absolute atomic E-state index is 1.13. The lowest BCUT2D eigenvalue weighted by molar-refractivity contribution is 1.29. The summed E-state index contributed by atoms with van der Waals surface area (Å²) in [7, 11) is 0. The summed E-state index contributed by atoms with van der Waals surface area (Å²) in [5.74, 6) is 0. The van der Waals surface area contributed by atoms with Crippen molar-refractivity contribution in [2.24, 2.45) is 0 Å². The summed E-state index contributed by atoms with van der Waals surface area (Å²) in [6.45, 7) is 0. The lowest BCUT2D eigenvalue weighted by atomic mass is 10.0. The number of anilines is 3. The van der Waals surface area contributed by atoms with Crippen LogP contribution in [0.5, 0.6) is 0 Å². The number of thiophene rings is 2. The fourth-order valence-corrected chi connectivity index (χ4v) is 9.61. The van der Waals surface area contributed by atoms with Gasteiger partial charge >= 0.3 is 0 Å². The Kier molecular flexibility index (Phi) is 6.61. The SMILES string of the molecule is c1ccc(-c2cccc(N(c3ccc(-c4cccc5c4sc4ccccc45)cc3)c3ccc4sc5cc6ccccc6cc5c4c3)c2)cc1. The molecule has 1 nitrogen and oxygen atoms in total. The van der Waals surface area contributed by atoms with Crippen molar-refractivity contribution < 1.29 is 0 Å². The Bertz CT molecular complexity index is 2830. The summed E-state index contributed by atoms with van der Waals surface area (Å²) in [4.78, 5) is 2.40. The molecule has 10 rings (SSSR count). The van der Waals surface area contributed by atoms with E-state index in [-0.39, 0.29) is 0 Å². The van der Waals surface area contributed by atoms with Crippen LogP contribution >= 0.6 is 22.7 Å². The molecule has 8 aromatic carbocycles. The fourth-order valence-electron chi connectivity index (χ4n) is 7.26. The monoisotopic (exact) mass is 659 g/mol. The average molecular weight is 660 g/mol. The highest BCUT2D eigenvalue weighted by molar-refractivity contribution is 7.26. The molecule has 0 aliphatic carbocycles. The van der Waals surface area contributed by atoms with Crippen molar-refractivity contribution in [1.29, 1.82) is 0 Å². The van der Waals surface area contributed by atoms with Crippen molar-refractivity contribution >= 4 is 90.9 Å². The zero-order chi connectivity index (χ0) is 32.3. The van der Waals surface area contributed by atoms with Crippen LogP contribution in [0.2, 0.25) is 0 Å². The van der Waals surface area contributed by atoms with E-state index >= 15 is 0 Å². The van der Waals surface area contributed by atoms with E-state index < -0.39 is 0 Å². The molecule has 230 valence electrons. The van der Waals surface area contributed by atoms with Crippen molar-refractivity contribution in [2.45, 2.75) is 0 Å². The highest BCUT2D eigenvalue weighted by atomic mass is 32.1. The van der Waals surface area contributed by atoms with Crippen LogP contribution in [0.15, 0.2) is 176 Å². The maximum absolute atomic E-state index is 2.40. The van der Waals surface area contributed by atoms with E-state index in [1.54, 1.807) is 0 Å². The van der Waals surface area contributed by atoms with Crippen LogP contribution in [0.3, 0.4) is 0 Å². The molecular formula is C46H29NS2. The maximum Gasteiger partial charge on any atom is 0.0468 e. The Labute approximate surface area is 292 Å². The van der Waals surface area contributed by atoms with Crippen LogP contribution in [0.4, 0.5) is 17.1 Å². The minimum atomic E-state index is 1.13. The van der Waals surface area contributed by atoms with Gasteiger partial charge in [0.1, 0.15) is 0 Å². The van der Waals surface area contributed by atoms with Crippen LogP contribution in [-0.4, -0.2) is 0 Å². The molecule has 0 N–H and O–H groups in total. The lowest BCUT2D eigenvalue weighted by Crippen LogP contribution is -2.10. The summed E-state index contributed by atoms with van der Waals surface area (Å²) >= 11 is 3.75. The molecule has 0 aliphatic rings. The van der Waals surface area contributed by atoms with Gasteiger partial charge in [-0.15, -0.1) is 22.7 Å². The van der Waals surface area contributed by atoms with E-state index in [0.29, 0.717) is 0 Å². The Morgan fingerprint density at radius 2 is 0.980 bits per heavy atom. The van der Waals surface area contributed by atoms with Crippen molar-refractivity contribution in [3.8, 4) is 22.3 Å². The summed E-state index contributed by atoms with van der Waals surface area (Å²) in [5.41, 5.74) is 8.31. The highest BCUT2D eigenvalue weighted by Crippen LogP contribution is 2.44. The van der Waals surface area contributed by atoms with Crippen molar-refractivity contribution in [3.05, 3.63) is 176 Å². The first-order valence-electron chi connectivity index (χ1n) is 16.6. The molecule has 3 heteroatoms. The molecule has 0 radical (unpaired) electrons. The molecule has 0 unspecified atom stereocenters. The van der Waals surface area contributed by atoms with Crippen molar-refractivity contribution in [1.82, 2.24) is 0 Å². The number of benzene rings is 8. The summed E-state index contributed by atoms with van der Waals surface area (Å²) < 4.78 is 5.30. The smallest absolute Gasteiger partial charge is 0.0468 e. The molecular weight excluding hydrogens is 631 g/mol. The number of fused-ring (bicyclic) bond motifs is 7. The van der Waals surface area contributed by atoms with Gasteiger partial charge in [-0.25, -0.2) is 0 Å². The van der Waals surface area contributed by atoms with Gasteiger partial charge in [0.05, 0.1) is 0 Å². The number of nitrogens with zero attached hydrogens (tertiary/aromatic N) is 1.